The second-order valence-electron chi connectivity index (χ2n) is 13.5. The van der Waals surface area contributed by atoms with Gasteiger partial charge in [-0.2, -0.15) is 17.7 Å². The first-order chi connectivity index (χ1) is 19.0. The second kappa shape index (κ2) is 8.57. The molecule has 5 aromatic rings. The Morgan fingerprint density at radius 1 is 0.902 bits per heavy atom. The first kappa shape index (κ1) is 27.8. The van der Waals surface area contributed by atoms with Gasteiger partial charge in [0.25, 0.3) is 0 Å². The molecule has 6 rings (SSSR count). The van der Waals surface area contributed by atoms with Crippen molar-refractivity contribution in [3.05, 3.63) is 76.5 Å². The van der Waals surface area contributed by atoms with Gasteiger partial charge in [0.05, 0.1) is 21.8 Å². The lowest BCUT2D eigenvalue weighted by Crippen LogP contribution is -2.67. The maximum Gasteiger partial charge on any atom is 0.449 e. The first-order valence-corrected chi connectivity index (χ1v) is 14.2. The van der Waals surface area contributed by atoms with Crippen LogP contribution in [0.4, 0.5) is 13.2 Å². The number of fused-ring (bicyclic) bond motifs is 10. The van der Waals surface area contributed by atoms with E-state index in [2.05, 4.69) is 70.4 Å². The molecule has 0 saturated heterocycles. The van der Waals surface area contributed by atoms with Crippen LogP contribution in [0.3, 0.4) is 0 Å². The molecule has 0 aliphatic carbocycles. The van der Waals surface area contributed by atoms with Crippen LogP contribution >= 0.6 is 0 Å². The van der Waals surface area contributed by atoms with Gasteiger partial charge in [0.2, 0.25) is 17.0 Å². The zero-order chi connectivity index (χ0) is 29.9. The Bertz CT molecular complexity index is 1890. The zero-order valence-corrected chi connectivity index (χ0v) is 25.0. The summed E-state index contributed by atoms with van der Waals surface area (Å²) in [5.74, 6) is -0.998. The predicted molar refractivity (Wildman–Crippen MR) is 158 cm³/mol. The van der Waals surface area contributed by atoms with Gasteiger partial charge in [-0.1, -0.05) is 51.1 Å². The van der Waals surface area contributed by atoms with Crippen LogP contribution in [0.25, 0.3) is 43.9 Å². The Balaban J connectivity index is 1.97. The summed E-state index contributed by atoms with van der Waals surface area (Å²) in [4.78, 5) is 0. The van der Waals surface area contributed by atoms with E-state index in [-0.39, 0.29) is 17.6 Å². The van der Waals surface area contributed by atoms with Gasteiger partial charge in [-0.15, -0.1) is 0 Å². The van der Waals surface area contributed by atoms with Crippen molar-refractivity contribution in [2.45, 2.75) is 84.4 Å². The molecule has 0 spiro atoms. The molecule has 214 valence electrons. The number of hydrogen-bond acceptors (Lipinski definition) is 2. The van der Waals surface area contributed by atoms with Gasteiger partial charge >= 0.3 is 6.18 Å². The maximum absolute atomic E-state index is 14.2. The molecule has 0 amide bonds. The van der Waals surface area contributed by atoms with E-state index in [0.717, 1.165) is 49.8 Å². The highest BCUT2D eigenvalue weighted by Crippen LogP contribution is 2.55. The van der Waals surface area contributed by atoms with Crippen molar-refractivity contribution in [3.63, 3.8) is 0 Å². The minimum Gasteiger partial charge on any atom is -0.450 e. The van der Waals surface area contributed by atoms with E-state index < -0.39 is 22.9 Å². The number of furan rings is 1. The van der Waals surface area contributed by atoms with Crippen molar-refractivity contribution in [2.75, 3.05) is 6.61 Å². The lowest BCUT2D eigenvalue weighted by Gasteiger charge is -2.46. The van der Waals surface area contributed by atoms with Crippen molar-refractivity contribution < 1.29 is 27.3 Å². The Hall–Kier alpha value is -3.38. The number of nitrogens with zero attached hydrogens (tertiary/aromatic N) is 1. The molecule has 1 aliphatic rings. The van der Waals surface area contributed by atoms with Crippen LogP contribution in [0.15, 0.2) is 52.9 Å². The molecule has 0 bridgehead atoms. The predicted octanol–water partition coefficient (Wildman–Crippen LogP) is 9.02. The SMILES string of the molecule is Cc1cc(C)c2c3oc(C(F)(F)F)cc3c3[n+](c2c1)C(C)(C)C(C)(CCO)c1c-3cc(C(C)(C)C)c2ccccc12. The van der Waals surface area contributed by atoms with Crippen LogP contribution in [0.5, 0.6) is 0 Å². The summed E-state index contributed by atoms with van der Waals surface area (Å²) in [6, 6.07) is 15.7. The van der Waals surface area contributed by atoms with Crippen LogP contribution in [0.2, 0.25) is 0 Å². The number of benzene rings is 3. The maximum atomic E-state index is 14.2. The largest absolute Gasteiger partial charge is 0.450 e. The van der Waals surface area contributed by atoms with E-state index in [0.29, 0.717) is 17.2 Å². The van der Waals surface area contributed by atoms with Gasteiger partial charge in [-0.25, -0.2) is 0 Å². The molecule has 0 saturated carbocycles. The number of rotatable bonds is 2. The Labute approximate surface area is 238 Å². The topological polar surface area (TPSA) is 37.2 Å². The zero-order valence-electron chi connectivity index (χ0n) is 25.0. The standard InChI is InChI=1S/C35H37F3NO2/c1-19-15-20(2)28-26(16-19)39-30(24-18-27(35(36,37)38)41-31(24)28)23-17-25(32(3,4)5)21-11-9-10-12-22(21)29(23)34(8,13-14-40)33(39,6)7/h9-12,15-18,40H,13-14H2,1-8H3/q+1. The van der Waals surface area contributed by atoms with E-state index in [4.69, 9.17) is 4.42 Å². The molecule has 3 nitrogen and oxygen atoms in total. The van der Waals surface area contributed by atoms with Crippen molar-refractivity contribution in [3.8, 4) is 11.3 Å². The molecule has 2 aromatic heterocycles. The number of aryl methyl sites for hydroxylation is 2. The molecular formula is C35H37F3NO2+. The second-order valence-corrected chi connectivity index (χ2v) is 13.5. The van der Waals surface area contributed by atoms with Crippen molar-refractivity contribution >= 4 is 32.6 Å². The summed E-state index contributed by atoms with van der Waals surface area (Å²) >= 11 is 0. The Morgan fingerprint density at radius 3 is 2.17 bits per heavy atom. The van der Waals surface area contributed by atoms with E-state index in [1.165, 1.54) is 6.07 Å². The average molecular weight is 561 g/mol. The van der Waals surface area contributed by atoms with E-state index in [1.54, 1.807) is 0 Å². The minimum atomic E-state index is -4.63. The van der Waals surface area contributed by atoms with E-state index >= 15 is 0 Å². The summed E-state index contributed by atoms with van der Waals surface area (Å²) in [6.45, 7) is 16.9. The van der Waals surface area contributed by atoms with Crippen molar-refractivity contribution in [1.82, 2.24) is 0 Å². The Morgan fingerprint density at radius 2 is 1.56 bits per heavy atom. The van der Waals surface area contributed by atoms with Crippen molar-refractivity contribution in [1.29, 1.82) is 0 Å². The van der Waals surface area contributed by atoms with Crippen molar-refractivity contribution in [2.24, 2.45) is 0 Å². The molecule has 0 radical (unpaired) electrons. The number of aromatic nitrogens is 1. The highest BCUT2D eigenvalue weighted by Gasteiger charge is 2.58. The highest BCUT2D eigenvalue weighted by atomic mass is 19.4. The fourth-order valence-electron chi connectivity index (χ4n) is 7.38. The molecular weight excluding hydrogens is 523 g/mol. The average Bonchev–Trinajstić information content (AvgIpc) is 3.31. The third kappa shape index (κ3) is 3.72. The van der Waals surface area contributed by atoms with Gasteiger partial charge < -0.3 is 9.52 Å². The van der Waals surface area contributed by atoms with E-state index in [1.807, 2.05) is 32.0 Å². The molecule has 41 heavy (non-hydrogen) atoms. The van der Waals surface area contributed by atoms with E-state index in [9.17, 15) is 18.3 Å². The van der Waals surface area contributed by atoms with Gasteiger partial charge in [-0.05, 0) is 71.7 Å². The quantitative estimate of drug-likeness (QED) is 0.219. The summed E-state index contributed by atoms with van der Waals surface area (Å²) in [6.07, 6.45) is -4.14. The molecule has 3 aromatic carbocycles. The van der Waals surface area contributed by atoms with Gasteiger partial charge in [-0.3, -0.25) is 0 Å². The number of alkyl halides is 3. The van der Waals surface area contributed by atoms with Crippen LogP contribution in [0, 0.1) is 13.8 Å². The number of aliphatic hydroxyl groups excluding tert-OH is 1. The van der Waals surface area contributed by atoms with Crippen LogP contribution in [-0.2, 0) is 22.5 Å². The lowest BCUT2D eigenvalue weighted by atomic mass is 9.60. The van der Waals surface area contributed by atoms with Crippen LogP contribution in [-0.4, -0.2) is 11.7 Å². The Kier molecular flexibility index (Phi) is 5.81. The molecule has 1 atom stereocenters. The minimum absolute atomic E-state index is 0.0211. The number of hydrogen-bond donors (Lipinski definition) is 1. The summed E-state index contributed by atoms with van der Waals surface area (Å²) < 4.78 is 50.5. The summed E-state index contributed by atoms with van der Waals surface area (Å²) in [7, 11) is 0. The number of halogens is 3. The van der Waals surface area contributed by atoms with Crippen LogP contribution < -0.4 is 4.57 Å². The molecule has 1 unspecified atom stereocenters. The molecule has 3 heterocycles. The first-order valence-electron chi connectivity index (χ1n) is 14.2. The third-order valence-corrected chi connectivity index (χ3v) is 9.60. The number of pyridine rings is 1. The summed E-state index contributed by atoms with van der Waals surface area (Å²) in [5.41, 5.74) is 5.36. The normalized spacial score (nSPS) is 18.7. The van der Waals surface area contributed by atoms with Crippen LogP contribution in [0.1, 0.15) is 76.0 Å². The van der Waals surface area contributed by atoms with Gasteiger partial charge in [0.1, 0.15) is 0 Å². The fraction of sp³-hybridized carbons (Fsp3) is 0.400. The molecule has 6 heteroatoms. The fourth-order valence-corrected chi connectivity index (χ4v) is 7.38. The molecule has 1 N–H and O–H groups in total. The highest BCUT2D eigenvalue weighted by molar-refractivity contribution is 6.09. The monoisotopic (exact) mass is 560 g/mol. The third-order valence-electron chi connectivity index (χ3n) is 9.60. The smallest absolute Gasteiger partial charge is 0.449 e. The molecule has 1 aliphatic heterocycles. The lowest BCUT2D eigenvalue weighted by molar-refractivity contribution is -0.737. The van der Waals surface area contributed by atoms with Gasteiger partial charge in [0, 0.05) is 32.6 Å². The number of aliphatic hydroxyl groups is 1. The molecule has 0 fully saturated rings. The van der Waals surface area contributed by atoms with Gasteiger partial charge in [0.15, 0.2) is 11.1 Å². The summed E-state index contributed by atoms with van der Waals surface area (Å²) in [5, 5.41) is 13.8.